The largest absolute Gasteiger partial charge is 4.00 e. The number of carbonyl (C=O) groups excluding carboxylic acids is 1. The van der Waals surface area contributed by atoms with E-state index in [1.807, 2.05) is 13.8 Å². The summed E-state index contributed by atoms with van der Waals surface area (Å²) < 4.78 is 4.81. The average molecular weight is 362 g/mol. The molecule has 0 aromatic rings. The summed E-state index contributed by atoms with van der Waals surface area (Å²) in [6, 6.07) is -0.115. The molecular formula is C12H21Cl2NO4Ti. The van der Waals surface area contributed by atoms with Crippen LogP contribution in [0.1, 0.15) is 34.6 Å². The van der Waals surface area contributed by atoms with Gasteiger partial charge < -0.3 is 39.8 Å². The SMILES string of the molecule is C/C=C(\[O-])N1C(=O)OC[C@@H]1C(C)C.CC(C)[O-].[Cl-].[Cl-].[Ti+4]. The zero-order chi connectivity index (χ0) is 13.6. The Kier molecular flexibility index (Phi) is 19.8. The van der Waals surface area contributed by atoms with Gasteiger partial charge in [-0.05, 0) is 18.7 Å². The fourth-order valence-electron chi connectivity index (χ4n) is 1.32. The second kappa shape index (κ2) is 14.0. The molecule has 0 aromatic heterocycles. The molecule has 1 aliphatic heterocycles. The first kappa shape index (κ1) is 28.3. The van der Waals surface area contributed by atoms with Crippen molar-refractivity contribution in [3.8, 4) is 0 Å². The van der Waals surface area contributed by atoms with Crippen LogP contribution in [-0.4, -0.2) is 29.7 Å². The maximum Gasteiger partial charge on any atom is 4.00 e. The second-order valence-corrected chi connectivity index (χ2v) is 4.43. The molecule has 0 radical (unpaired) electrons. The number of hydrogen-bond acceptors (Lipinski definition) is 4. The third-order valence-corrected chi connectivity index (χ3v) is 2.16. The van der Waals surface area contributed by atoms with Gasteiger partial charge >= 0.3 is 27.8 Å². The molecule has 0 spiro atoms. The molecule has 1 aliphatic rings. The minimum atomic E-state index is -0.526. The molecule has 0 aliphatic carbocycles. The molecule has 0 aromatic carbocycles. The number of halogens is 2. The fourth-order valence-corrected chi connectivity index (χ4v) is 1.32. The molecule has 116 valence electrons. The van der Waals surface area contributed by atoms with Crippen molar-refractivity contribution in [1.29, 1.82) is 0 Å². The Hall–Kier alpha value is 0.0643. The Morgan fingerprint density at radius 3 is 2.05 bits per heavy atom. The van der Waals surface area contributed by atoms with E-state index < -0.39 is 12.2 Å². The Bertz CT molecular complexity index is 286. The smallest absolute Gasteiger partial charge is 1.00 e. The van der Waals surface area contributed by atoms with Crippen LogP contribution in [-0.2, 0) is 26.5 Å². The number of carbonyl (C=O) groups is 1. The number of amides is 1. The molecule has 8 heteroatoms. The number of cyclic esters (lactones) is 1. The fraction of sp³-hybridized carbons (Fsp3) is 0.750. The van der Waals surface area contributed by atoms with Crippen LogP contribution in [0.15, 0.2) is 12.0 Å². The Morgan fingerprint density at radius 2 is 1.75 bits per heavy atom. The van der Waals surface area contributed by atoms with Crippen LogP contribution in [0, 0.1) is 5.92 Å². The quantitative estimate of drug-likeness (QED) is 0.363. The van der Waals surface area contributed by atoms with E-state index in [0.717, 1.165) is 0 Å². The minimum Gasteiger partial charge on any atom is -1.00 e. The first-order valence-electron chi connectivity index (χ1n) is 5.76. The van der Waals surface area contributed by atoms with Gasteiger partial charge in [-0.3, -0.25) is 4.90 Å². The van der Waals surface area contributed by atoms with Gasteiger partial charge in [0.25, 0.3) is 0 Å². The normalized spacial score (nSPS) is 17.4. The van der Waals surface area contributed by atoms with Crippen LogP contribution in [0.3, 0.4) is 0 Å². The van der Waals surface area contributed by atoms with E-state index in [1.165, 1.54) is 11.0 Å². The number of hydrogen-bond donors (Lipinski definition) is 0. The first-order valence-corrected chi connectivity index (χ1v) is 5.76. The van der Waals surface area contributed by atoms with Crippen molar-refractivity contribution >= 4 is 6.09 Å². The van der Waals surface area contributed by atoms with E-state index in [0.29, 0.717) is 6.61 Å². The maximum absolute atomic E-state index is 11.3. The summed E-state index contributed by atoms with van der Waals surface area (Å²) in [4.78, 5) is 12.3. The molecule has 20 heavy (non-hydrogen) atoms. The van der Waals surface area contributed by atoms with Gasteiger partial charge in [0.05, 0.1) is 6.04 Å². The molecular weight excluding hydrogens is 341 g/mol. The molecule has 1 heterocycles. The first-order chi connectivity index (χ1) is 7.81. The van der Waals surface area contributed by atoms with Crippen LogP contribution in [0.4, 0.5) is 4.79 Å². The molecule has 1 rings (SSSR count). The van der Waals surface area contributed by atoms with Crippen molar-refractivity contribution in [3.63, 3.8) is 0 Å². The maximum atomic E-state index is 11.3. The topological polar surface area (TPSA) is 75.7 Å². The van der Waals surface area contributed by atoms with Crippen molar-refractivity contribution in [2.75, 3.05) is 6.61 Å². The van der Waals surface area contributed by atoms with E-state index in [2.05, 4.69) is 0 Å². The molecule has 1 amide bonds. The molecule has 1 fully saturated rings. The summed E-state index contributed by atoms with van der Waals surface area (Å²) >= 11 is 0. The van der Waals surface area contributed by atoms with Crippen LogP contribution < -0.4 is 35.0 Å². The summed E-state index contributed by atoms with van der Waals surface area (Å²) in [7, 11) is 0. The molecule has 1 atom stereocenters. The van der Waals surface area contributed by atoms with Gasteiger partial charge in [0.1, 0.15) is 6.61 Å². The van der Waals surface area contributed by atoms with Crippen molar-refractivity contribution in [2.24, 2.45) is 5.92 Å². The van der Waals surface area contributed by atoms with Crippen molar-refractivity contribution < 1.29 is 66.3 Å². The number of allylic oxidation sites excluding steroid dienone is 1. The van der Waals surface area contributed by atoms with Crippen LogP contribution in [0.25, 0.3) is 0 Å². The minimum absolute atomic E-state index is 0. The van der Waals surface area contributed by atoms with Gasteiger partial charge in [-0.2, -0.15) is 0 Å². The van der Waals surface area contributed by atoms with Gasteiger partial charge in [-0.1, -0.05) is 33.8 Å². The van der Waals surface area contributed by atoms with E-state index >= 15 is 0 Å². The van der Waals surface area contributed by atoms with Crippen molar-refractivity contribution in [2.45, 2.75) is 46.8 Å². The van der Waals surface area contributed by atoms with Crippen molar-refractivity contribution in [3.05, 3.63) is 12.0 Å². The van der Waals surface area contributed by atoms with E-state index in [9.17, 15) is 15.0 Å². The summed E-state index contributed by atoms with van der Waals surface area (Å²) in [5.41, 5.74) is 0. The number of ether oxygens (including phenoxy) is 1. The van der Waals surface area contributed by atoms with E-state index in [1.54, 1.807) is 20.8 Å². The van der Waals surface area contributed by atoms with Gasteiger partial charge in [0, 0.05) is 0 Å². The Labute approximate surface area is 148 Å². The number of rotatable bonds is 2. The Morgan fingerprint density at radius 1 is 1.35 bits per heavy atom. The summed E-state index contributed by atoms with van der Waals surface area (Å²) in [5, 5.41) is 20.8. The molecule has 5 nitrogen and oxygen atoms in total. The van der Waals surface area contributed by atoms with Crippen molar-refractivity contribution in [1.82, 2.24) is 4.90 Å². The predicted octanol–water partition coefficient (Wildman–Crippen LogP) is -5.55. The van der Waals surface area contributed by atoms with Gasteiger partial charge in [-0.15, -0.1) is 6.10 Å². The van der Waals surface area contributed by atoms with Gasteiger partial charge in [0.2, 0.25) is 0 Å². The van der Waals surface area contributed by atoms with Gasteiger partial charge in [0.15, 0.2) is 0 Å². The van der Waals surface area contributed by atoms with E-state index in [-0.39, 0.29) is 64.4 Å². The molecule has 0 saturated carbocycles. The molecule has 0 unspecified atom stereocenters. The third-order valence-electron chi connectivity index (χ3n) is 2.16. The van der Waals surface area contributed by atoms with Crippen LogP contribution in [0.5, 0.6) is 0 Å². The summed E-state index contributed by atoms with van der Waals surface area (Å²) in [6.45, 7) is 9.08. The second-order valence-electron chi connectivity index (χ2n) is 4.43. The van der Waals surface area contributed by atoms with Crippen LogP contribution >= 0.6 is 0 Å². The van der Waals surface area contributed by atoms with Gasteiger partial charge in [-0.25, -0.2) is 4.79 Å². The molecule has 1 saturated heterocycles. The predicted molar refractivity (Wildman–Crippen MR) is 60.7 cm³/mol. The van der Waals surface area contributed by atoms with Crippen LogP contribution in [0.2, 0.25) is 0 Å². The zero-order valence-corrected chi connectivity index (χ0v) is 15.4. The average Bonchev–Trinajstić information content (AvgIpc) is 2.58. The third kappa shape index (κ3) is 9.89. The summed E-state index contributed by atoms with van der Waals surface area (Å²) in [5.74, 6) is -0.0449. The molecule has 0 N–H and O–H groups in total. The Balaban J connectivity index is -0.000000164. The monoisotopic (exact) mass is 361 g/mol. The molecule has 0 bridgehead atoms. The standard InChI is InChI=1S/C9H15NO3.C3H7O.2ClH.Ti/c1-4-8(11)10-7(6(2)3)5-13-9(10)12;1-3(2)4;;;/h4,6-7,11H,5H2,1-3H3;3H,1-2H3;2*1H;/q;-1;;;+4/p-3/b8-4-;;;;/t7-;;;;/m1..../s1. The van der Waals surface area contributed by atoms with E-state index in [4.69, 9.17) is 4.74 Å². The number of nitrogens with zero attached hydrogens (tertiary/aromatic N) is 1. The zero-order valence-electron chi connectivity index (χ0n) is 12.4. The summed E-state index contributed by atoms with van der Waals surface area (Å²) in [6.07, 6.45) is 0.434.